The fourth-order valence-corrected chi connectivity index (χ4v) is 5.75. The maximum Gasteiger partial charge on any atom is 0.317 e. The number of ether oxygens (including phenoxy) is 2. The maximum absolute atomic E-state index is 15.1. The first kappa shape index (κ1) is 30.1. The zero-order chi connectivity index (χ0) is 26.8. The van der Waals surface area contributed by atoms with E-state index >= 15 is 4.39 Å². The molecule has 1 aromatic rings. The summed E-state index contributed by atoms with van der Waals surface area (Å²) in [5, 5.41) is 25.3. The van der Waals surface area contributed by atoms with Crippen LogP contribution < -0.4 is 11.1 Å². The van der Waals surface area contributed by atoms with Gasteiger partial charge in [0.2, 0.25) is 0 Å². The molecule has 5 N–H and O–H groups in total. The van der Waals surface area contributed by atoms with E-state index in [1.54, 1.807) is 18.1 Å². The number of hydrogen-bond acceptors (Lipinski definition) is 6. The highest BCUT2D eigenvalue weighted by Crippen LogP contribution is 2.37. The third kappa shape index (κ3) is 8.00. The number of aliphatic hydroxyl groups excluding tert-OH is 1. The van der Waals surface area contributed by atoms with Gasteiger partial charge in [-0.2, -0.15) is 0 Å². The van der Waals surface area contributed by atoms with Crippen LogP contribution >= 0.6 is 11.6 Å². The van der Waals surface area contributed by atoms with Crippen LogP contribution in [0.5, 0.6) is 0 Å². The van der Waals surface area contributed by atoms with Crippen LogP contribution in [0.3, 0.4) is 0 Å². The molecule has 8 nitrogen and oxygen atoms in total. The highest BCUT2D eigenvalue weighted by molar-refractivity contribution is 6.30. The van der Waals surface area contributed by atoms with E-state index in [2.05, 4.69) is 5.32 Å². The highest BCUT2D eigenvalue weighted by atomic mass is 35.5. The lowest BCUT2D eigenvalue weighted by molar-refractivity contribution is -0.147. The second-order valence-electron chi connectivity index (χ2n) is 10.4. The Morgan fingerprint density at radius 3 is 2.81 bits per heavy atom. The molecule has 0 radical (unpaired) electrons. The molecule has 2 aliphatic rings. The average Bonchev–Trinajstić information content (AvgIpc) is 2.92. The minimum atomic E-state index is -1.69. The van der Waals surface area contributed by atoms with Crippen LogP contribution in [-0.4, -0.2) is 79.4 Å². The monoisotopic (exact) mass is 543 g/mol. The third-order valence-corrected chi connectivity index (χ3v) is 8.08. The molecule has 4 atom stereocenters. The van der Waals surface area contributed by atoms with Crippen molar-refractivity contribution in [1.82, 2.24) is 10.2 Å². The molecule has 0 aromatic heterocycles. The molecular weight excluding hydrogens is 501 g/mol. The van der Waals surface area contributed by atoms with Crippen molar-refractivity contribution in [3.8, 4) is 0 Å². The van der Waals surface area contributed by atoms with Gasteiger partial charge in [-0.05, 0) is 37.7 Å². The van der Waals surface area contributed by atoms with Crippen LogP contribution in [0.15, 0.2) is 18.2 Å². The molecular formula is C27H43ClFN3O5. The van der Waals surface area contributed by atoms with Gasteiger partial charge in [0.25, 0.3) is 0 Å². The van der Waals surface area contributed by atoms with Crippen LogP contribution in [0.1, 0.15) is 63.4 Å². The number of rotatable bonds is 12. The number of aliphatic hydroxyl groups is 2. The Morgan fingerprint density at radius 1 is 1.35 bits per heavy atom. The molecule has 0 unspecified atom stereocenters. The van der Waals surface area contributed by atoms with E-state index in [-0.39, 0.29) is 42.7 Å². The summed E-state index contributed by atoms with van der Waals surface area (Å²) in [6, 6.07) is 3.73. The number of carbonyl (C=O) groups is 1. The lowest BCUT2D eigenvalue weighted by Gasteiger charge is -2.43. The zero-order valence-electron chi connectivity index (χ0n) is 21.8. The summed E-state index contributed by atoms with van der Waals surface area (Å²) in [5.41, 5.74) is 4.11. The number of nitrogens with zero attached hydrogens (tertiary/aromatic N) is 1. The summed E-state index contributed by atoms with van der Waals surface area (Å²) < 4.78 is 26.2. The number of morpholine rings is 1. The lowest BCUT2D eigenvalue weighted by Crippen LogP contribution is -2.59. The van der Waals surface area contributed by atoms with Gasteiger partial charge in [-0.25, -0.2) is 9.18 Å². The van der Waals surface area contributed by atoms with Crippen LogP contribution in [0, 0.1) is 11.7 Å². The second-order valence-corrected chi connectivity index (χ2v) is 10.8. The molecule has 0 bridgehead atoms. The summed E-state index contributed by atoms with van der Waals surface area (Å²) in [7, 11) is 1.60. The Kier molecular flexibility index (Phi) is 11.9. The first-order valence-electron chi connectivity index (χ1n) is 13.5. The topological polar surface area (TPSA) is 117 Å². The molecule has 1 aliphatic heterocycles. The van der Waals surface area contributed by atoms with E-state index in [0.717, 1.165) is 25.7 Å². The SMILES string of the molecule is COCCCC[C@](O)(c1cccc(Cl)c1F)[C@H]1CN(C(=O)N[C@@H](CC2CCCCC2)[C@@H](O)CN)CCO1. The number of methoxy groups -OCH3 is 1. The van der Waals surface area contributed by atoms with E-state index < -0.39 is 29.7 Å². The predicted octanol–water partition coefficient (Wildman–Crippen LogP) is 3.55. The highest BCUT2D eigenvalue weighted by Gasteiger charge is 2.44. The van der Waals surface area contributed by atoms with Gasteiger partial charge in [-0.15, -0.1) is 0 Å². The molecule has 1 aliphatic carbocycles. The van der Waals surface area contributed by atoms with Gasteiger partial charge in [0.05, 0.1) is 30.3 Å². The first-order valence-corrected chi connectivity index (χ1v) is 13.9. The van der Waals surface area contributed by atoms with Gasteiger partial charge in [-0.3, -0.25) is 0 Å². The van der Waals surface area contributed by atoms with E-state index in [1.807, 2.05) is 0 Å². The number of unbranched alkanes of at least 4 members (excludes halogenated alkanes) is 1. The minimum Gasteiger partial charge on any atom is -0.390 e. The Bertz CT molecular complexity index is 859. The smallest absolute Gasteiger partial charge is 0.317 e. The fraction of sp³-hybridized carbons (Fsp3) is 0.741. The molecule has 10 heteroatoms. The number of amides is 2. The minimum absolute atomic E-state index is 0.0541. The van der Waals surface area contributed by atoms with Crippen LogP contribution in [0.2, 0.25) is 5.02 Å². The van der Waals surface area contributed by atoms with Gasteiger partial charge in [0.1, 0.15) is 17.5 Å². The number of nitrogens with one attached hydrogen (secondary N) is 1. The standard InChI is InChI=1S/C27H43ClFN3O5/c1-36-14-6-5-12-27(35,20-10-7-11-21(28)25(20)29)24-18-32(13-15-37-24)26(34)31-22(23(33)17-30)16-19-8-3-2-4-9-19/h7,10-11,19,22-24,33,35H,2-6,8-9,12-18,30H2,1H3,(H,31,34)/t22-,23-,24+,27-/m0/s1. The second kappa shape index (κ2) is 14.6. The van der Waals surface area contributed by atoms with Crippen molar-refractivity contribution >= 4 is 17.6 Å². The molecule has 0 spiro atoms. The molecule has 210 valence electrons. The van der Waals surface area contributed by atoms with Gasteiger partial charge in [-0.1, -0.05) is 55.8 Å². The van der Waals surface area contributed by atoms with Crippen molar-refractivity contribution in [3.63, 3.8) is 0 Å². The number of urea groups is 1. The van der Waals surface area contributed by atoms with Crippen molar-refractivity contribution < 1.29 is 28.9 Å². The summed E-state index contributed by atoms with van der Waals surface area (Å²) in [6.45, 7) is 1.13. The fourth-order valence-electron chi connectivity index (χ4n) is 5.58. The van der Waals surface area contributed by atoms with Crippen LogP contribution in [-0.2, 0) is 15.1 Å². The van der Waals surface area contributed by atoms with E-state index in [4.69, 9.17) is 26.8 Å². The number of benzene rings is 1. The molecule has 1 saturated heterocycles. The molecule has 2 fully saturated rings. The number of halogens is 2. The first-order chi connectivity index (χ1) is 17.8. The lowest BCUT2D eigenvalue weighted by atomic mass is 9.82. The summed E-state index contributed by atoms with van der Waals surface area (Å²) >= 11 is 6.05. The molecule has 1 heterocycles. The molecule has 2 amide bonds. The number of nitrogens with two attached hydrogens (primary N) is 1. The zero-order valence-corrected chi connectivity index (χ0v) is 22.6. The third-order valence-electron chi connectivity index (χ3n) is 7.79. The Balaban J connectivity index is 1.74. The molecule has 37 heavy (non-hydrogen) atoms. The van der Waals surface area contributed by atoms with Gasteiger partial charge in [0, 0.05) is 32.4 Å². The van der Waals surface area contributed by atoms with Crippen molar-refractivity contribution in [2.75, 3.05) is 40.0 Å². The van der Waals surface area contributed by atoms with E-state index in [0.29, 0.717) is 38.3 Å². The van der Waals surface area contributed by atoms with Gasteiger partial charge >= 0.3 is 6.03 Å². The van der Waals surface area contributed by atoms with Gasteiger partial charge in [0.15, 0.2) is 0 Å². The normalized spacial score (nSPS) is 22.3. The van der Waals surface area contributed by atoms with E-state index in [9.17, 15) is 15.0 Å². The van der Waals surface area contributed by atoms with E-state index in [1.165, 1.54) is 18.6 Å². The Labute approximate surface area is 224 Å². The van der Waals surface area contributed by atoms with Gasteiger partial charge < -0.3 is 35.6 Å². The predicted molar refractivity (Wildman–Crippen MR) is 141 cm³/mol. The van der Waals surface area contributed by atoms with Crippen LogP contribution in [0.25, 0.3) is 0 Å². The van der Waals surface area contributed by atoms with Crippen LogP contribution in [0.4, 0.5) is 9.18 Å². The Hall–Kier alpha value is -1.49. The van der Waals surface area contributed by atoms with Crippen molar-refractivity contribution in [2.24, 2.45) is 11.7 Å². The summed E-state index contributed by atoms with van der Waals surface area (Å²) in [4.78, 5) is 14.9. The quantitative estimate of drug-likeness (QED) is 0.299. The molecule has 1 aromatic carbocycles. The maximum atomic E-state index is 15.1. The Morgan fingerprint density at radius 2 is 2.11 bits per heavy atom. The summed E-state index contributed by atoms with van der Waals surface area (Å²) in [6.07, 6.45) is 6.15. The largest absolute Gasteiger partial charge is 0.390 e. The summed E-state index contributed by atoms with van der Waals surface area (Å²) in [5.74, 6) is -0.247. The average molecular weight is 544 g/mol. The van der Waals surface area contributed by atoms with Crippen molar-refractivity contribution in [3.05, 3.63) is 34.6 Å². The molecule has 1 saturated carbocycles. The molecule has 3 rings (SSSR count). The van der Waals surface area contributed by atoms with Crippen molar-refractivity contribution in [2.45, 2.75) is 81.6 Å². The number of carbonyl (C=O) groups excluding carboxylic acids is 1. The number of hydrogen-bond donors (Lipinski definition) is 4. The van der Waals surface area contributed by atoms with Crippen molar-refractivity contribution in [1.29, 1.82) is 0 Å².